The van der Waals surface area contributed by atoms with E-state index in [0.717, 1.165) is 48.0 Å². The number of fused-ring (bicyclic) bond motifs is 1. The molecule has 1 saturated carbocycles. The number of hydrogen-bond acceptors (Lipinski definition) is 7. The summed E-state index contributed by atoms with van der Waals surface area (Å²) in [5.74, 6) is 1.68. The first-order chi connectivity index (χ1) is 19.7. The van der Waals surface area contributed by atoms with E-state index in [0.29, 0.717) is 29.7 Å². The van der Waals surface area contributed by atoms with Gasteiger partial charge in [0.2, 0.25) is 5.95 Å². The Morgan fingerprint density at radius 3 is 2.39 bits per heavy atom. The predicted molar refractivity (Wildman–Crippen MR) is 164 cm³/mol. The van der Waals surface area contributed by atoms with Gasteiger partial charge in [0, 0.05) is 43.3 Å². The van der Waals surface area contributed by atoms with E-state index in [2.05, 4.69) is 15.4 Å². The lowest BCUT2D eigenvalue weighted by atomic mass is 9.86. The molecule has 1 amide bonds. The van der Waals surface area contributed by atoms with E-state index in [1.165, 1.54) is 0 Å². The zero-order chi connectivity index (χ0) is 29.0. The predicted octanol–water partition coefficient (Wildman–Crippen LogP) is 5.21. The lowest BCUT2D eigenvalue weighted by molar-refractivity contribution is 0.0943. The Morgan fingerprint density at radius 2 is 1.66 bits per heavy atom. The number of amides is 1. The van der Waals surface area contributed by atoms with Crippen LogP contribution in [0.4, 0.5) is 17.5 Å². The zero-order valence-corrected chi connectivity index (χ0v) is 24.4. The fraction of sp³-hybridized carbons (Fsp3) is 0.323. The number of hydrogen-bond donors (Lipinski definition) is 3. The number of aryl methyl sites for hydroxylation is 1. The van der Waals surface area contributed by atoms with E-state index in [9.17, 15) is 13.2 Å². The van der Waals surface area contributed by atoms with Gasteiger partial charge in [-0.3, -0.25) is 9.52 Å². The van der Waals surface area contributed by atoms with Gasteiger partial charge in [-0.25, -0.2) is 13.4 Å². The molecule has 1 heterocycles. The molecule has 10 heteroatoms. The second-order valence-electron chi connectivity index (χ2n) is 10.9. The second kappa shape index (κ2) is 12.1. The van der Waals surface area contributed by atoms with Crippen molar-refractivity contribution in [1.82, 2.24) is 15.3 Å². The molecule has 5 rings (SSSR count). The van der Waals surface area contributed by atoms with Crippen LogP contribution in [0.25, 0.3) is 10.9 Å². The lowest BCUT2D eigenvalue weighted by Gasteiger charge is -2.29. The highest BCUT2D eigenvalue weighted by Gasteiger charge is 2.23. The smallest absolute Gasteiger partial charge is 0.261 e. The van der Waals surface area contributed by atoms with Crippen LogP contribution < -0.4 is 20.3 Å². The Morgan fingerprint density at radius 1 is 0.927 bits per heavy atom. The molecule has 1 aliphatic rings. The standard InChI is InChI=1S/C31H36N6O3S/c1-21-11-17-26(18-12-21)41(39,40)36-25-8-6-7-23(19-25)30(38)32-20-22-13-15-24(16-14-22)33-31-34-28-10-5-4-9-27(28)29(35-31)37(2)3/h4-12,17-19,22,24,36H,13-16,20H2,1-3H3,(H,32,38)(H,33,34,35). The summed E-state index contributed by atoms with van der Waals surface area (Å²) in [5, 5.41) is 7.59. The number of carbonyl (C=O) groups excluding carboxylic acids is 1. The fourth-order valence-corrected chi connectivity index (χ4v) is 6.20. The fourth-order valence-electron chi connectivity index (χ4n) is 5.15. The summed E-state index contributed by atoms with van der Waals surface area (Å²) < 4.78 is 28.1. The molecular formula is C31H36N6O3S. The van der Waals surface area contributed by atoms with Crippen molar-refractivity contribution in [2.24, 2.45) is 5.92 Å². The van der Waals surface area contributed by atoms with Crippen molar-refractivity contribution in [3.8, 4) is 0 Å². The minimum absolute atomic E-state index is 0.174. The number of anilines is 3. The van der Waals surface area contributed by atoms with Crippen LogP contribution in [-0.2, 0) is 10.0 Å². The zero-order valence-electron chi connectivity index (χ0n) is 23.6. The van der Waals surface area contributed by atoms with E-state index in [-0.39, 0.29) is 16.8 Å². The van der Waals surface area contributed by atoms with Crippen molar-refractivity contribution in [2.45, 2.75) is 43.5 Å². The van der Waals surface area contributed by atoms with Gasteiger partial charge in [-0.05, 0) is 81.0 Å². The molecule has 1 aromatic heterocycles. The Labute approximate surface area is 241 Å². The average Bonchev–Trinajstić information content (AvgIpc) is 2.96. The number of nitrogens with one attached hydrogen (secondary N) is 3. The van der Waals surface area contributed by atoms with Gasteiger partial charge in [0.05, 0.1) is 10.4 Å². The van der Waals surface area contributed by atoms with Gasteiger partial charge in [-0.15, -0.1) is 0 Å². The average molecular weight is 573 g/mol. The van der Waals surface area contributed by atoms with Gasteiger partial charge in [-0.2, -0.15) is 4.98 Å². The molecule has 214 valence electrons. The van der Waals surface area contributed by atoms with Crippen molar-refractivity contribution >= 4 is 44.3 Å². The molecule has 3 aromatic carbocycles. The summed E-state index contributed by atoms with van der Waals surface area (Å²) in [4.78, 5) is 24.6. The first-order valence-corrected chi connectivity index (χ1v) is 15.3. The van der Waals surface area contributed by atoms with Crippen LogP contribution in [-0.4, -0.2) is 51.0 Å². The number of rotatable bonds is 9. The summed E-state index contributed by atoms with van der Waals surface area (Å²) in [6.45, 7) is 2.47. The van der Waals surface area contributed by atoms with Crippen LogP contribution in [0.3, 0.4) is 0 Å². The SMILES string of the molecule is Cc1ccc(S(=O)(=O)Nc2cccc(C(=O)NCC3CCC(Nc4nc(N(C)C)c5ccccc5n4)CC3)c2)cc1. The molecule has 0 saturated heterocycles. The van der Waals surface area contributed by atoms with Gasteiger partial charge in [0.15, 0.2) is 0 Å². The van der Waals surface area contributed by atoms with Crippen LogP contribution in [0, 0.1) is 12.8 Å². The minimum atomic E-state index is -3.75. The molecule has 0 bridgehead atoms. The largest absolute Gasteiger partial charge is 0.362 e. The van der Waals surface area contributed by atoms with Gasteiger partial charge >= 0.3 is 0 Å². The molecule has 0 atom stereocenters. The van der Waals surface area contributed by atoms with Crippen molar-refractivity contribution < 1.29 is 13.2 Å². The van der Waals surface area contributed by atoms with E-state index in [4.69, 9.17) is 9.97 Å². The minimum Gasteiger partial charge on any atom is -0.362 e. The molecule has 1 aliphatic carbocycles. The van der Waals surface area contributed by atoms with E-state index >= 15 is 0 Å². The Balaban J connectivity index is 1.13. The first kappa shape index (κ1) is 28.4. The van der Waals surface area contributed by atoms with Crippen molar-refractivity contribution in [3.63, 3.8) is 0 Å². The Bertz CT molecular complexity index is 1630. The lowest BCUT2D eigenvalue weighted by Crippen LogP contribution is -2.34. The summed E-state index contributed by atoms with van der Waals surface area (Å²) in [6.07, 6.45) is 3.87. The molecule has 0 aliphatic heterocycles. The van der Waals surface area contributed by atoms with E-state index in [1.807, 2.05) is 50.2 Å². The van der Waals surface area contributed by atoms with Crippen molar-refractivity contribution in [2.75, 3.05) is 35.6 Å². The molecule has 9 nitrogen and oxygen atoms in total. The van der Waals surface area contributed by atoms with Crippen LogP contribution in [0.5, 0.6) is 0 Å². The molecule has 41 heavy (non-hydrogen) atoms. The third-order valence-corrected chi connectivity index (χ3v) is 8.84. The van der Waals surface area contributed by atoms with E-state index in [1.54, 1.807) is 48.5 Å². The quantitative estimate of drug-likeness (QED) is 0.252. The van der Waals surface area contributed by atoms with Crippen LogP contribution >= 0.6 is 0 Å². The maximum Gasteiger partial charge on any atom is 0.261 e. The maximum atomic E-state index is 12.9. The third kappa shape index (κ3) is 6.94. The van der Waals surface area contributed by atoms with Gasteiger partial charge in [0.25, 0.3) is 15.9 Å². The van der Waals surface area contributed by atoms with Crippen molar-refractivity contribution in [3.05, 3.63) is 83.9 Å². The molecule has 0 unspecified atom stereocenters. The normalized spacial score (nSPS) is 17.1. The van der Waals surface area contributed by atoms with E-state index < -0.39 is 10.0 Å². The molecule has 0 spiro atoms. The Hall–Kier alpha value is -4.18. The Kier molecular flexibility index (Phi) is 8.39. The van der Waals surface area contributed by atoms with Crippen LogP contribution in [0.15, 0.2) is 77.7 Å². The number of aromatic nitrogens is 2. The highest BCUT2D eigenvalue weighted by molar-refractivity contribution is 7.92. The number of para-hydroxylation sites is 1. The summed E-state index contributed by atoms with van der Waals surface area (Å²) in [7, 11) is 0.222. The van der Waals surface area contributed by atoms with Gasteiger partial charge < -0.3 is 15.5 Å². The molecular weight excluding hydrogens is 536 g/mol. The molecule has 1 fully saturated rings. The topological polar surface area (TPSA) is 116 Å². The van der Waals surface area contributed by atoms with Gasteiger partial charge in [-0.1, -0.05) is 35.9 Å². The monoisotopic (exact) mass is 572 g/mol. The van der Waals surface area contributed by atoms with Gasteiger partial charge in [0.1, 0.15) is 5.82 Å². The highest BCUT2D eigenvalue weighted by atomic mass is 32.2. The first-order valence-electron chi connectivity index (χ1n) is 13.9. The number of nitrogens with zero attached hydrogens (tertiary/aromatic N) is 3. The highest BCUT2D eigenvalue weighted by Crippen LogP contribution is 2.28. The summed E-state index contributed by atoms with van der Waals surface area (Å²) in [5.41, 5.74) is 2.65. The van der Waals surface area contributed by atoms with Crippen molar-refractivity contribution in [1.29, 1.82) is 0 Å². The molecule has 3 N–H and O–H groups in total. The maximum absolute atomic E-state index is 12.9. The number of carbonyl (C=O) groups is 1. The number of sulfonamides is 1. The molecule has 4 aromatic rings. The summed E-state index contributed by atoms with van der Waals surface area (Å²) in [6, 6.07) is 21.5. The second-order valence-corrected chi connectivity index (χ2v) is 12.5. The number of benzene rings is 3. The third-order valence-electron chi connectivity index (χ3n) is 7.45. The molecule has 0 radical (unpaired) electrons. The van der Waals surface area contributed by atoms with Crippen LogP contribution in [0.2, 0.25) is 0 Å². The van der Waals surface area contributed by atoms with Crippen LogP contribution in [0.1, 0.15) is 41.6 Å². The summed E-state index contributed by atoms with van der Waals surface area (Å²) >= 11 is 0.